The van der Waals surface area contributed by atoms with Gasteiger partial charge in [0.25, 0.3) is 5.91 Å². The molecule has 0 aliphatic carbocycles. The molecule has 0 aliphatic rings. The van der Waals surface area contributed by atoms with Crippen LogP contribution >= 0.6 is 0 Å². The van der Waals surface area contributed by atoms with Crippen LogP contribution in [-0.4, -0.2) is 13.0 Å². The number of carbonyl (C=O) groups excluding carboxylic acids is 1. The second kappa shape index (κ2) is 8.90. The zero-order valence-electron chi connectivity index (χ0n) is 15.5. The van der Waals surface area contributed by atoms with Crippen molar-refractivity contribution in [3.63, 3.8) is 0 Å². The third-order valence-corrected chi connectivity index (χ3v) is 4.31. The van der Waals surface area contributed by atoms with Gasteiger partial charge in [0.1, 0.15) is 6.61 Å². The van der Waals surface area contributed by atoms with E-state index in [0.717, 1.165) is 11.1 Å². The fraction of sp³-hybridized carbons (Fsp3) is 0.174. The molecule has 0 spiro atoms. The minimum Gasteiger partial charge on any atom is -0.493 e. The van der Waals surface area contributed by atoms with E-state index in [9.17, 15) is 4.79 Å². The zero-order chi connectivity index (χ0) is 19.1. The maximum atomic E-state index is 12.6. The van der Waals surface area contributed by atoms with Crippen LogP contribution in [0.1, 0.15) is 34.5 Å². The number of benzene rings is 3. The second-order valence-corrected chi connectivity index (χ2v) is 6.25. The monoisotopic (exact) mass is 361 g/mol. The van der Waals surface area contributed by atoms with Crippen LogP contribution in [0.4, 0.5) is 0 Å². The van der Waals surface area contributed by atoms with Gasteiger partial charge < -0.3 is 14.8 Å². The van der Waals surface area contributed by atoms with Gasteiger partial charge >= 0.3 is 0 Å². The smallest absolute Gasteiger partial charge is 0.251 e. The highest BCUT2D eigenvalue weighted by Crippen LogP contribution is 2.29. The Kier molecular flexibility index (Phi) is 6.10. The molecular formula is C23H23NO3. The summed E-state index contributed by atoms with van der Waals surface area (Å²) < 4.78 is 11.3. The van der Waals surface area contributed by atoms with Crippen molar-refractivity contribution >= 4 is 5.91 Å². The molecule has 0 aromatic heterocycles. The van der Waals surface area contributed by atoms with E-state index in [1.165, 1.54) is 0 Å². The Labute approximate surface area is 159 Å². The van der Waals surface area contributed by atoms with Crippen LogP contribution in [0.3, 0.4) is 0 Å². The van der Waals surface area contributed by atoms with Crippen molar-refractivity contribution in [3.05, 3.63) is 95.6 Å². The van der Waals surface area contributed by atoms with E-state index in [0.29, 0.717) is 23.7 Å². The van der Waals surface area contributed by atoms with Crippen LogP contribution in [-0.2, 0) is 6.61 Å². The molecule has 4 heteroatoms. The topological polar surface area (TPSA) is 47.6 Å². The molecule has 0 unspecified atom stereocenters. The first-order valence-electron chi connectivity index (χ1n) is 8.88. The van der Waals surface area contributed by atoms with Crippen LogP contribution in [0.5, 0.6) is 11.5 Å². The standard InChI is InChI=1S/C23H23NO3/c1-17(19-11-7-4-8-12-19)24-23(25)20-13-14-21(22(15-20)26-2)27-16-18-9-5-3-6-10-18/h3-15,17H,16H2,1-2H3,(H,24,25)/t17-/m1/s1. The van der Waals surface area contributed by atoms with E-state index < -0.39 is 0 Å². The Balaban J connectivity index is 1.68. The summed E-state index contributed by atoms with van der Waals surface area (Å²) in [4.78, 5) is 12.6. The Morgan fingerprint density at radius 1 is 0.926 bits per heavy atom. The molecule has 0 aliphatic heterocycles. The first-order valence-corrected chi connectivity index (χ1v) is 8.88. The van der Waals surface area contributed by atoms with Crippen LogP contribution in [0.2, 0.25) is 0 Å². The van der Waals surface area contributed by atoms with Gasteiger partial charge in [0.05, 0.1) is 13.2 Å². The van der Waals surface area contributed by atoms with Crippen LogP contribution in [0.25, 0.3) is 0 Å². The van der Waals surface area contributed by atoms with Crippen LogP contribution in [0.15, 0.2) is 78.9 Å². The quantitative estimate of drug-likeness (QED) is 0.660. The van der Waals surface area contributed by atoms with E-state index in [-0.39, 0.29) is 11.9 Å². The van der Waals surface area contributed by atoms with Crippen LogP contribution < -0.4 is 14.8 Å². The van der Waals surface area contributed by atoms with E-state index >= 15 is 0 Å². The Morgan fingerprint density at radius 3 is 2.26 bits per heavy atom. The number of carbonyl (C=O) groups is 1. The molecule has 0 heterocycles. The van der Waals surface area contributed by atoms with Gasteiger partial charge in [0.2, 0.25) is 0 Å². The summed E-state index contributed by atoms with van der Waals surface area (Å²) in [6, 6.07) is 24.9. The lowest BCUT2D eigenvalue weighted by molar-refractivity contribution is 0.0939. The van der Waals surface area contributed by atoms with Crippen molar-refractivity contribution in [2.24, 2.45) is 0 Å². The van der Waals surface area contributed by atoms with E-state index in [1.807, 2.05) is 67.6 Å². The van der Waals surface area contributed by atoms with E-state index in [1.54, 1.807) is 25.3 Å². The number of rotatable bonds is 7. The maximum absolute atomic E-state index is 12.6. The van der Waals surface area contributed by atoms with Gasteiger partial charge in [-0.15, -0.1) is 0 Å². The minimum absolute atomic E-state index is 0.0845. The molecule has 0 saturated heterocycles. The summed E-state index contributed by atoms with van der Waals surface area (Å²) in [5.74, 6) is 0.985. The second-order valence-electron chi connectivity index (χ2n) is 6.25. The minimum atomic E-state index is -0.153. The lowest BCUT2D eigenvalue weighted by Crippen LogP contribution is -2.26. The number of hydrogen-bond acceptors (Lipinski definition) is 3. The SMILES string of the molecule is COc1cc(C(=O)N[C@H](C)c2ccccc2)ccc1OCc1ccccc1. The molecule has 1 N–H and O–H groups in total. The van der Waals surface area contributed by atoms with Gasteiger partial charge in [-0.05, 0) is 36.2 Å². The summed E-state index contributed by atoms with van der Waals surface area (Å²) in [5, 5.41) is 3.01. The average Bonchev–Trinajstić information content (AvgIpc) is 2.73. The molecule has 138 valence electrons. The average molecular weight is 361 g/mol. The lowest BCUT2D eigenvalue weighted by atomic mass is 10.1. The summed E-state index contributed by atoms with van der Waals surface area (Å²) in [6.45, 7) is 2.40. The van der Waals surface area contributed by atoms with E-state index in [2.05, 4.69) is 5.32 Å². The first-order chi connectivity index (χ1) is 13.2. The highest BCUT2D eigenvalue weighted by atomic mass is 16.5. The number of hydrogen-bond donors (Lipinski definition) is 1. The third-order valence-electron chi connectivity index (χ3n) is 4.31. The Bertz CT molecular complexity index is 879. The highest BCUT2D eigenvalue weighted by Gasteiger charge is 2.14. The molecule has 0 fully saturated rings. The molecule has 27 heavy (non-hydrogen) atoms. The number of ether oxygens (including phenoxy) is 2. The molecule has 0 radical (unpaired) electrons. The van der Waals surface area contributed by atoms with Gasteiger partial charge in [-0.2, -0.15) is 0 Å². The molecule has 1 amide bonds. The Morgan fingerprint density at radius 2 is 1.59 bits per heavy atom. The van der Waals surface area contributed by atoms with Crippen molar-refractivity contribution in [2.75, 3.05) is 7.11 Å². The summed E-state index contributed by atoms with van der Waals surface area (Å²) in [6.07, 6.45) is 0. The third kappa shape index (κ3) is 4.88. The molecule has 0 bridgehead atoms. The molecular weight excluding hydrogens is 338 g/mol. The fourth-order valence-electron chi connectivity index (χ4n) is 2.77. The maximum Gasteiger partial charge on any atom is 0.251 e. The van der Waals surface area contributed by atoms with Crippen molar-refractivity contribution < 1.29 is 14.3 Å². The first kappa shape index (κ1) is 18.5. The molecule has 3 aromatic carbocycles. The fourth-order valence-corrected chi connectivity index (χ4v) is 2.77. The van der Waals surface area contributed by atoms with E-state index in [4.69, 9.17) is 9.47 Å². The lowest BCUT2D eigenvalue weighted by Gasteiger charge is -2.16. The summed E-state index contributed by atoms with van der Waals surface area (Å²) in [5.41, 5.74) is 2.65. The summed E-state index contributed by atoms with van der Waals surface area (Å²) in [7, 11) is 1.57. The normalized spacial score (nSPS) is 11.5. The molecule has 0 saturated carbocycles. The number of methoxy groups -OCH3 is 1. The van der Waals surface area contributed by atoms with Crippen molar-refractivity contribution in [1.82, 2.24) is 5.32 Å². The molecule has 3 rings (SSSR count). The van der Waals surface area contributed by atoms with Gasteiger partial charge in [0, 0.05) is 5.56 Å². The molecule has 3 aromatic rings. The zero-order valence-corrected chi connectivity index (χ0v) is 15.5. The number of amides is 1. The highest BCUT2D eigenvalue weighted by molar-refractivity contribution is 5.95. The van der Waals surface area contributed by atoms with Crippen molar-refractivity contribution in [1.29, 1.82) is 0 Å². The predicted octanol–water partition coefficient (Wildman–Crippen LogP) is 4.77. The summed E-state index contributed by atoms with van der Waals surface area (Å²) >= 11 is 0. The number of nitrogens with one attached hydrogen (secondary N) is 1. The molecule has 1 atom stereocenters. The largest absolute Gasteiger partial charge is 0.493 e. The molecule has 4 nitrogen and oxygen atoms in total. The van der Waals surface area contributed by atoms with Crippen molar-refractivity contribution in [3.8, 4) is 11.5 Å². The van der Waals surface area contributed by atoms with Gasteiger partial charge in [-0.3, -0.25) is 4.79 Å². The predicted molar refractivity (Wildman–Crippen MR) is 106 cm³/mol. The van der Waals surface area contributed by atoms with Gasteiger partial charge in [0.15, 0.2) is 11.5 Å². The van der Waals surface area contributed by atoms with Gasteiger partial charge in [-0.25, -0.2) is 0 Å². The van der Waals surface area contributed by atoms with Crippen LogP contribution in [0, 0.1) is 0 Å². The van der Waals surface area contributed by atoms with Crippen molar-refractivity contribution in [2.45, 2.75) is 19.6 Å². The van der Waals surface area contributed by atoms with Gasteiger partial charge in [-0.1, -0.05) is 60.7 Å². The Hall–Kier alpha value is -3.27.